The Hall–Kier alpha value is -0.870. The SMILES string of the molecule is CCCCCC=CCCCCCN(CC(O)CO)C(=O)CC(CC)CCCCCCC. The monoisotopic (exact) mass is 439 g/mol. The highest BCUT2D eigenvalue weighted by atomic mass is 16.3. The van der Waals surface area contributed by atoms with Gasteiger partial charge in [-0.25, -0.2) is 0 Å². The molecular weight excluding hydrogens is 386 g/mol. The average Bonchev–Trinajstić information content (AvgIpc) is 2.78. The number of hydrogen-bond donors (Lipinski definition) is 2. The number of allylic oxidation sites excluding steroid dienone is 2. The molecule has 2 N–H and O–H groups in total. The van der Waals surface area contributed by atoms with Crippen molar-refractivity contribution in [3.63, 3.8) is 0 Å². The lowest BCUT2D eigenvalue weighted by Gasteiger charge is -2.27. The van der Waals surface area contributed by atoms with E-state index in [0.717, 1.165) is 38.5 Å². The van der Waals surface area contributed by atoms with Crippen molar-refractivity contribution in [1.82, 2.24) is 4.90 Å². The van der Waals surface area contributed by atoms with E-state index in [4.69, 9.17) is 0 Å². The van der Waals surface area contributed by atoms with Gasteiger partial charge in [0.1, 0.15) is 0 Å². The van der Waals surface area contributed by atoms with Crippen LogP contribution in [-0.2, 0) is 4.79 Å². The van der Waals surface area contributed by atoms with Gasteiger partial charge >= 0.3 is 0 Å². The highest BCUT2D eigenvalue weighted by Gasteiger charge is 2.20. The summed E-state index contributed by atoms with van der Waals surface area (Å²) in [7, 11) is 0. The summed E-state index contributed by atoms with van der Waals surface area (Å²) in [6.07, 6.45) is 22.1. The van der Waals surface area contributed by atoms with Crippen LogP contribution in [0.25, 0.3) is 0 Å². The summed E-state index contributed by atoms with van der Waals surface area (Å²) in [4.78, 5) is 14.7. The molecule has 1 amide bonds. The van der Waals surface area contributed by atoms with E-state index in [-0.39, 0.29) is 19.1 Å². The van der Waals surface area contributed by atoms with Crippen LogP contribution in [0, 0.1) is 5.92 Å². The van der Waals surface area contributed by atoms with Gasteiger partial charge in [-0.1, -0.05) is 90.7 Å². The quantitative estimate of drug-likeness (QED) is 0.147. The molecule has 0 rings (SSSR count). The van der Waals surface area contributed by atoms with Gasteiger partial charge in [-0.05, 0) is 44.4 Å². The predicted octanol–water partition coefficient (Wildman–Crippen LogP) is 6.64. The highest BCUT2D eigenvalue weighted by Crippen LogP contribution is 2.20. The van der Waals surface area contributed by atoms with Crippen molar-refractivity contribution < 1.29 is 15.0 Å². The topological polar surface area (TPSA) is 60.8 Å². The van der Waals surface area contributed by atoms with E-state index in [1.54, 1.807) is 4.90 Å². The van der Waals surface area contributed by atoms with Crippen LogP contribution in [0.5, 0.6) is 0 Å². The summed E-state index contributed by atoms with van der Waals surface area (Å²) < 4.78 is 0. The summed E-state index contributed by atoms with van der Waals surface area (Å²) in [5.41, 5.74) is 0. The first-order chi connectivity index (χ1) is 15.1. The molecule has 0 fully saturated rings. The third-order valence-electron chi connectivity index (χ3n) is 6.19. The molecule has 0 aliphatic rings. The van der Waals surface area contributed by atoms with Gasteiger partial charge in [0.05, 0.1) is 12.7 Å². The third kappa shape index (κ3) is 18.4. The summed E-state index contributed by atoms with van der Waals surface area (Å²) in [5, 5.41) is 19.1. The number of aliphatic hydroxyl groups is 2. The maximum Gasteiger partial charge on any atom is 0.222 e. The average molecular weight is 440 g/mol. The molecule has 0 bridgehead atoms. The van der Waals surface area contributed by atoms with E-state index in [1.165, 1.54) is 57.8 Å². The molecule has 184 valence electrons. The fraction of sp³-hybridized carbons (Fsp3) is 0.889. The fourth-order valence-electron chi connectivity index (χ4n) is 3.98. The molecular formula is C27H53NO3. The highest BCUT2D eigenvalue weighted by molar-refractivity contribution is 5.76. The van der Waals surface area contributed by atoms with Crippen molar-refractivity contribution in [3.05, 3.63) is 12.2 Å². The maximum absolute atomic E-state index is 12.9. The Kier molecular flexibility index (Phi) is 21.7. The van der Waals surface area contributed by atoms with E-state index < -0.39 is 6.10 Å². The first-order valence-electron chi connectivity index (χ1n) is 13.3. The predicted molar refractivity (Wildman–Crippen MR) is 133 cm³/mol. The molecule has 2 atom stereocenters. The minimum atomic E-state index is -0.843. The Balaban J connectivity index is 4.29. The van der Waals surface area contributed by atoms with Crippen molar-refractivity contribution >= 4 is 5.91 Å². The zero-order valence-electron chi connectivity index (χ0n) is 21.0. The van der Waals surface area contributed by atoms with E-state index in [1.807, 2.05) is 0 Å². The van der Waals surface area contributed by atoms with Crippen LogP contribution in [0.15, 0.2) is 12.2 Å². The second-order valence-corrected chi connectivity index (χ2v) is 9.17. The van der Waals surface area contributed by atoms with E-state index in [2.05, 4.69) is 32.9 Å². The molecule has 2 unspecified atom stereocenters. The van der Waals surface area contributed by atoms with Crippen LogP contribution in [0.4, 0.5) is 0 Å². The molecule has 4 nitrogen and oxygen atoms in total. The van der Waals surface area contributed by atoms with Gasteiger partial charge in [-0.15, -0.1) is 0 Å². The summed E-state index contributed by atoms with van der Waals surface area (Å²) in [5.74, 6) is 0.574. The summed E-state index contributed by atoms with van der Waals surface area (Å²) >= 11 is 0. The second-order valence-electron chi connectivity index (χ2n) is 9.17. The van der Waals surface area contributed by atoms with E-state index in [9.17, 15) is 15.0 Å². The summed E-state index contributed by atoms with van der Waals surface area (Å²) in [6.45, 7) is 7.28. The van der Waals surface area contributed by atoms with Crippen molar-refractivity contribution in [2.75, 3.05) is 19.7 Å². The van der Waals surface area contributed by atoms with Crippen molar-refractivity contribution in [3.8, 4) is 0 Å². The molecule has 0 aromatic carbocycles. The van der Waals surface area contributed by atoms with Gasteiger partial charge in [0.25, 0.3) is 0 Å². The van der Waals surface area contributed by atoms with Crippen molar-refractivity contribution in [1.29, 1.82) is 0 Å². The van der Waals surface area contributed by atoms with Crippen molar-refractivity contribution in [2.45, 2.75) is 130 Å². The minimum Gasteiger partial charge on any atom is -0.394 e. The molecule has 0 spiro atoms. The van der Waals surface area contributed by atoms with Gasteiger partial charge < -0.3 is 15.1 Å². The smallest absolute Gasteiger partial charge is 0.222 e. The number of amides is 1. The van der Waals surface area contributed by atoms with E-state index >= 15 is 0 Å². The zero-order valence-corrected chi connectivity index (χ0v) is 21.0. The summed E-state index contributed by atoms with van der Waals surface area (Å²) in [6, 6.07) is 0. The van der Waals surface area contributed by atoms with Crippen LogP contribution < -0.4 is 0 Å². The first kappa shape index (κ1) is 30.1. The Morgan fingerprint density at radius 2 is 1.42 bits per heavy atom. The zero-order chi connectivity index (χ0) is 23.2. The van der Waals surface area contributed by atoms with E-state index in [0.29, 0.717) is 18.9 Å². The molecule has 4 heteroatoms. The van der Waals surface area contributed by atoms with Crippen molar-refractivity contribution in [2.24, 2.45) is 5.92 Å². The standard InChI is InChI=1S/C27H53NO3/c1-4-7-9-11-12-13-14-15-17-19-21-28(23-26(30)24-29)27(31)22-25(6-3)20-18-16-10-8-5-2/h12-13,25-26,29-30H,4-11,14-24H2,1-3H3. The number of carbonyl (C=O) groups excluding carboxylic acids is 1. The number of hydrogen-bond acceptors (Lipinski definition) is 3. The molecule has 0 saturated heterocycles. The number of carbonyl (C=O) groups is 1. The second kappa shape index (κ2) is 22.3. The van der Waals surface area contributed by atoms with Gasteiger partial charge in [-0.3, -0.25) is 4.79 Å². The van der Waals surface area contributed by atoms with Gasteiger partial charge in [-0.2, -0.15) is 0 Å². The molecule has 0 radical (unpaired) electrons. The molecule has 0 aromatic heterocycles. The Bertz CT molecular complexity index is 425. The van der Waals surface area contributed by atoms with Gasteiger partial charge in [0, 0.05) is 19.5 Å². The lowest BCUT2D eigenvalue weighted by atomic mass is 9.94. The molecule has 0 aliphatic carbocycles. The van der Waals surface area contributed by atoms with Crippen LogP contribution in [0.1, 0.15) is 124 Å². The fourth-order valence-corrected chi connectivity index (χ4v) is 3.98. The van der Waals surface area contributed by atoms with Crippen LogP contribution >= 0.6 is 0 Å². The molecule has 0 saturated carbocycles. The van der Waals surface area contributed by atoms with Crippen LogP contribution in [0.3, 0.4) is 0 Å². The lowest BCUT2D eigenvalue weighted by Crippen LogP contribution is -2.40. The molecule has 0 heterocycles. The minimum absolute atomic E-state index is 0.142. The Morgan fingerprint density at radius 3 is 2.03 bits per heavy atom. The normalized spacial score (nSPS) is 13.6. The number of rotatable bonds is 22. The van der Waals surface area contributed by atoms with Crippen LogP contribution in [-0.4, -0.2) is 46.8 Å². The largest absolute Gasteiger partial charge is 0.394 e. The van der Waals surface area contributed by atoms with Gasteiger partial charge in [0.15, 0.2) is 0 Å². The number of unbranched alkanes of at least 4 members (excludes halogenated alkanes) is 10. The third-order valence-corrected chi connectivity index (χ3v) is 6.19. The molecule has 31 heavy (non-hydrogen) atoms. The number of nitrogens with zero attached hydrogens (tertiary/aromatic N) is 1. The lowest BCUT2D eigenvalue weighted by molar-refractivity contribution is -0.134. The van der Waals surface area contributed by atoms with Crippen LogP contribution in [0.2, 0.25) is 0 Å². The Labute approximate surface area is 193 Å². The first-order valence-corrected chi connectivity index (χ1v) is 13.3. The number of aliphatic hydroxyl groups excluding tert-OH is 2. The Morgan fingerprint density at radius 1 is 0.839 bits per heavy atom. The maximum atomic E-state index is 12.9. The van der Waals surface area contributed by atoms with Gasteiger partial charge in [0.2, 0.25) is 5.91 Å². The molecule has 0 aromatic rings. The molecule has 0 aliphatic heterocycles.